The van der Waals surface area contributed by atoms with Gasteiger partial charge in [-0.05, 0) is 42.8 Å². The van der Waals surface area contributed by atoms with Gasteiger partial charge in [0.1, 0.15) is 11.5 Å². The highest BCUT2D eigenvalue weighted by molar-refractivity contribution is 7.89. The molecule has 3 rings (SSSR count). The molecule has 1 aliphatic rings. The number of hydrogen-bond donors (Lipinski definition) is 1. The maximum Gasteiger partial charge on any atom is 0.240 e. The molecular weight excluding hydrogens is 290 g/mol. The minimum atomic E-state index is -3.53. The van der Waals surface area contributed by atoms with Gasteiger partial charge in [0.25, 0.3) is 0 Å². The number of fused-ring (bicyclic) bond motifs is 1. The first kappa shape index (κ1) is 14.2. The Hall–Kier alpha value is -1.79. The molecule has 2 aromatic rings. The van der Waals surface area contributed by atoms with Gasteiger partial charge in [0, 0.05) is 18.9 Å². The Morgan fingerprint density at radius 2 is 2.19 bits per heavy atom. The zero-order valence-electron chi connectivity index (χ0n) is 11.7. The van der Waals surface area contributed by atoms with E-state index in [4.69, 9.17) is 9.15 Å². The van der Waals surface area contributed by atoms with Crippen LogP contribution in [0.25, 0.3) is 0 Å². The number of rotatable bonds is 5. The lowest BCUT2D eigenvalue weighted by molar-refractivity contribution is 0.356. The minimum absolute atomic E-state index is 0.245. The molecule has 0 unspecified atom stereocenters. The van der Waals surface area contributed by atoms with E-state index in [9.17, 15) is 8.42 Å². The van der Waals surface area contributed by atoms with E-state index in [1.54, 1.807) is 30.5 Å². The minimum Gasteiger partial charge on any atom is -0.493 e. The molecule has 1 N–H and O–H groups in total. The van der Waals surface area contributed by atoms with Crippen molar-refractivity contribution in [1.29, 1.82) is 0 Å². The van der Waals surface area contributed by atoms with Crippen LogP contribution >= 0.6 is 0 Å². The summed E-state index contributed by atoms with van der Waals surface area (Å²) in [5.74, 6) is 1.53. The van der Waals surface area contributed by atoms with Crippen molar-refractivity contribution in [3.63, 3.8) is 0 Å². The average molecular weight is 307 g/mol. The van der Waals surface area contributed by atoms with Crippen LogP contribution in [0.4, 0.5) is 0 Å². The molecular formula is C15H17NO4S. The molecule has 1 aliphatic heterocycles. The molecule has 21 heavy (non-hydrogen) atoms. The highest BCUT2D eigenvalue weighted by Gasteiger charge is 2.21. The first-order chi connectivity index (χ1) is 10.0. The molecule has 0 saturated carbocycles. The third kappa shape index (κ3) is 3.11. The van der Waals surface area contributed by atoms with E-state index < -0.39 is 10.0 Å². The number of hydrogen-bond acceptors (Lipinski definition) is 4. The van der Waals surface area contributed by atoms with E-state index in [1.165, 1.54) is 0 Å². The summed E-state index contributed by atoms with van der Waals surface area (Å²) < 4.78 is 38.1. The van der Waals surface area contributed by atoms with E-state index in [1.807, 2.05) is 13.0 Å². The van der Waals surface area contributed by atoms with Gasteiger partial charge in [-0.15, -0.1) is 0 Å². The molecule has 1 atom stereocenters. The molecule has 0 saturated heterocycles. The van der Waals surface area contributed by atoms with Gasteiger partial charge in [0.15, 0.2) is 0 Å². The Morgan fingerprint density at radius 3 is 2.95 bits per heavy atom. The van der Waals surface area contributed by atoms with Crippen LogP contribution in [-0.2, 0) is 22.9 Å². The fourth-order valence-electron chi connectivity index (χ4n) is 2.44. The molecule has 0 spiro atoms. The van der Waals surface area contributed by atoms with Crippen LogP contribution in [-0.4, -0.2) is 21.1 Å². The van der Waals surface area contributed by atoms with Crippen molar-refractivity contribution in [1.82, 2.24) is 4.72 Å². The molecule has 1 aromatic heterocycles. The van der Waals surface area contributed by atoms with Crippen LogP contribution in [0.15, 0.2) is 45.9 Å². The van der Waals surface area contributed by atoms with Crippen molar-refractivity contribution in [2.24, 2.45) is 0 Å². The summed E-state index contributed by atoms with van der Waals surface area (Å²) in [6.45, 7) is 2.43. The quantitative estimate of drug-likeness (QED) is 0.918. The largest absolute Gasteiger partial charge is 0.493 e. The number of ether oxygens (including phenoxy) is 1. The molecule has 0 aliphatic carbocycles. The molecule has 112 valence electrons. The molecule has 0 fully saturated rings. The topological polar surface area (TPSA) is 68.5 Å². The third-order valence-electron chi connectivity index (χ3n) is 3.42. The SMILES string of the molecule is C[C@@H](Cc1ccco1)NS(=O)(=O)c1ccc2c(c1)CCO2. The maximum absolute atomic E-state index is 12.4. The highest BCUT2D eigenvalue weighted by atomic mass is 32.2. The van der Waals surface area contributed by atoms with Crippen LogP contribution in [0.2, 0.25) is 0 Å². The van der Waals surface area contributed by atoms with Crippen LogP contribution < -0.4 is 9.46 Å². The first-order valence-electron chi connectivity index (χ1n) is 6.85. The number of sulfonamides is 1. The van der Waals surface area contributed by atoms with Crippen LogP contribution in [0, 0.1) is 0 Å². The van der Waals surface area contributed by atoms with Gasteiger partial charge in [-0.2, -0.15) is 0 Å². The molecule has 0 radical (unpaired) electrons. The number of furan rings is 1. The van der Waals surface area contributed by atoms with Gasteiger partial charge < -0.3 is 9.15 Å². The summed E-state index contributed by atoms with van der Waals surface area (Å²) in [5.41, 5.74) is 0.941. The molecule has 5 nitrogen and oxygen atoms in total. The van der Waals surface area contributed by atoms with Crippen LogP contribution in [0.3, 0.4) is 0 Å². The second kappa shape index (κ2) is 5.54. The van der Waals surface area contributed by atoms with Crippen molar-refractivity contribution >= 4 is 10.0 Å². The fraction of sp³-hybridized carbons (Fsp3) is 0.333. The van der Waals surface area contributed by atoms with Gasteiger partial charge in [-0.1, -0.05) is 0 Å². The third-order valence-corrected chi connectivity index (χ3v) is 5.00. The average Bonchev–Trinajstić information content (AvgIpc) is 3.07. The van der Waals surface area contributed by atoms with Crippen LogP contribution in [0.5, 0.6) is 5.75 Å². The predicted molar refractivity (Wildman–Crippen MR) is 77.8 cm³/mol. The van der Waals surface area contributed by atoms with Gasteiger partial charge >= 0.3 is 0 Å². The summed E-state index contributed by atoms with van der Waals surface area (Å²) in [7, 11) is -3.53. The van der Waals surface area contributed by atoms with E-state index in [-0.39, 0.29) is 10.9 Å². The monoisotopic (exact) mass is 307 g/mol. The van der Waals surface area contributed by atoms with E-state index in [0.717, 1.165) is 23.5 Å². The molecule has 2 heterocycles. The van der Waals surface area contributed by atoms with E-state index >= 15 is 0 Å². The summed E-state index contributed by atoms with van der Waals surface area (Å²) in [5, 5.41) is 0. The molecule has 0 bridgehead atoms. The lowest BCUT2D eigenvalue weighted by Crippen LogP contribution is -2.34. The lowest BCUT2D eigenvalue weighted by Gasteiger charge is -2.13. The Labute approximate surface area is 124 Å². The second-order valence-corrected chi connectivity index (χ2v) is 6.89. The first-order valence-corrected chi connectivity index (χ1v) is 8.33. The highest BCUT2D eigenvalue weighted by Crippen LogP contribution is 2.27. The standard InChI is InChI=1S/C15H17NO4S/c1-11(9-13-3-2-7-19-13)16-21(17,18)14-4-5-15-12(10-14)6-8-20-15/h2-5,7,10-11,16H,6,8-9H2,1H3/t11-/m0/s1. The van der Waals surface area contributed by atoms with E-state index in [2.05, 4.69) is 4.72 Å². The Balaban J connectivity index is 1.74. The summed E-state index contributed by atoms with van der Waals surface area (Å²) in [6, 6.07) is 8.35. The summed E-state index contributed by atoms with van der Waals surface area (Å²) in [4.78, 5) is 0.276. The van der Waals surface area contributed by atoms with Crippen LogP contribution in [0.1, 0.15) is 18.2 Å². The van der Waals surface area contributed by atoms with Crippen molar-refractivity contribution < 1.29 is 17.6 Å². The zero-order chi connectivity index (χ0) is 14.9. The van der Waals surface area contributed by atoms with Gasteiger partial charge in [0.2, 0.25) is 10.0 Å². The van der Waals surface area contributed by atoms with Gasteiger partial charge in [-0.25, -0.2) is 13.1 Å². The smallest absolute Gasteiger partial charge is 0.240 e. The second-order valence-electron chi connectivity index (χ2n) is 5.17. The number of benzene rings is 1. The Morgan fingerprint density at radius 1 is 1.33 bits per heavy atom. The number of nitrogens with one attached hydrogen (secondary N) is 1. The van der Waals surface area contributed by atoms with Gasteiger partial charge in [-0.3, -0.25) is 0 Å². The molecule has 6 heteroatoms. The summed E-state index contributed by atoms with van der Waals surface area (Å²) in [6.07, 6.45) is 2.85. The Kier molecular flexibility index (Phi) is 3.73. The zero-order valence-corrected chi connectivity index (χ0v) is 12.5. The van der Waals surface area contributed by atoms with Crippen molar-refractivity contribution in [2.45, 2.75) is 30.7 Å². The van der Waals surface area contributed by atoms with E-state index in [0.29, 0.717) is 13.0 Å². The van der Waals surface area contributed by atoms with Crippen molar-refractivity contribution in [3.8, 4) is 5.75 Å². The van der Waals surface area contributed by atoms with Crippen molar-refractivity contribution in [3.05, 3.63) is 47.9 Å². The normalized spacial score (nSPS) is 15.5. The maximum atomic E-state index is 12.4. The molecule has 0 amide bonds. The predicted octanol–water partition coefficient (Wildman–Crippen LogP) is 2.12. The molecule has 1 aromatic carbocycles. The summed E-state index contributed by atoms with van der Waals surface area (Å²) >= 11 is 0. The van der Waals surface area contributed by atoms with Gasteiger partial charge in [0.05, 0.1) is 17.8 Å². The Bertz CT molecular complexity index is 722. The van der Waals surface area contributed by atoms with Crippen molar-refractivity contribution in [2.75, 3.05) is 6.61 Å². The fourth-order valence-corrected chi connectivity index (χ4v) is 3.73. The lowest BCUT2D eigenvalue weighted by atomic mass is 10.2.